The van der Waals surface area contributed by atoms with E-state index in [4.69, 9.17) is 4.98 Å². The lowest BCUT2D eigenvalue weighted by atomic mass is 10.1. The van der Waals surface area contributed by atoms with E-state index in [1.54, 1.807) is 6.20 Å². The molecule has 2 aromatic carbocycles. The minimum atomic E-state index is -0.0668. The molecule has 0 atom stereocenters. The fraction of sp³-hybridized carbons (Fsp3) is 0.208. The molecule has 0 aliphatic rings. The molecule has 2 aromatic heterocycles. The molecule has 0 unspecified atom stereocenters. The highest BCUT2D eigenvalue weighted by atomic mass is 16.1. The first-order chi connectivity index (χ1) is 14.6. The smallest absolute Gasteiger partial charge is 0.251 e. The minimum Gasteiger partial charge on any atom is -0.351 e. The number of benzene rings is 2. The van der Waals surface area contributed by atoms with E-state index in [1.165, 1.54) is 5.56 Å². The first-order valence-corrected chi connectivity index (χ1v) is 10.0. The summed E-state index contributed by atoms with van der Waals surface area (Å²) in [7, 11) is 3.97. The normalized spacial score (nSPS) is 11.2. The predicted octanol–water partition coefficient (Wildman–Crippen LogP) is 3.44. The number of fused-ring (bicyclic) bond motifs is 1. The van der Waals surface area contributed by atoms with Gasteiger partial charge in [-0.2, -0.15) is 0 Å². The summed E-state index contributed by atoms with van der Waals surface area (Å²) in [5, 5.41) is 2.94. The van der Waals surface area contributed by atoms with Crippen molar-refractivity contribution in [1.82, 2.24) is 24.8 Å². The van der Waals surface area contributed by atoms with E-state index in [0.29, 0.717) is 24.3 Å². The number of hydrogen-bond donors (Lipinski definition) is 1. The third-order valence-corrected chi connectivity index (χ3v) is 4.96. The van der Waals surface area contributed by atoms with Gasteiger partial charge in [0.05, 0.1) is 5.52 Å². The number of pyridine rings is 1. The first kappa shape index (κ1) is 19.8. The van der Waals surface area contributed by atoms with Gasteiger partial charge in [-0.3, -0.25) is 4.79 Å². The second-order valence-corrected chi connectivity index (χ2v) is 7.49. The molecule has 0 fully saturated rings. The van der Waals surface area contributed by atoms with Crippen LogP contribution in [0.2, 0.25) is 0 Å². The van der Waals surface area contributed by atoms with E-state index >= 15 is 0 Å². The molecule has 1 amide bonds. The van der Waals surface area contributed by atoms with Gasteiger partial charge in [-0.15, -0.1) is 0 Å². The number of carbonyl (C=O) groups is 1. The van der Waals surface area contributed by atoms with Crippen LogP contribution in [0.1, 0.15) is 15.9 Å². The van der Waals surface area contributed by atoms with Crippen LogP contribution in [0, 0.1) is 0 Å². The van der Waals surface area contributed by atoms with E-state index in [9.17, 15) is 4.79 Å². The molecule has 152 valence electrons. The van der Waals surface area contributed by atoms with Crippen LogP contribution in [-0.2, 0) is 6.54 Å². The maximum atomic E-state index is 12.4. The van der Waals surface area contributed by atoms with E-state index in [0.717, 1.165) is 23.4 Å². The monoisotopic (exact) mass is 399 g/mol. The molecule has 0 spiro atoms. The van der Waals surface area contributed by atoms with Crippen LogP contribution in [0.3, 0.4) is 0 Å². The van der Waals surface area contributed by atoms with E-state index < -0.39 is 0 Å². The second kappa shape index (κ2) is 8.88. The van der Waals surface area contributed by atoms with Crippen LogP contribution in [0.25, 0.3) is 22.6 Å². The van der Waals surface area contributed by atoms with Crippen LogP contribution in [-0.4, -0.2) is 52.5 Å². The number of nitrogens with one attached hydrogen (secondary N) is 1. The molecular formula is C24H25N5O. The predicted molar refractivity (Wildman–Crippen MR) is 119 cm³/mol. The van der Waals surface area contributed by atoms with Crippen molar-refractivity contribution in [2.75, 3.05) is 27.2 Å². The Kier molecular flexibility index (Phi) is 5.86. The number of aromatic nitrogens is 3. The molecule has 4 aromatic rings. The molecule has 6 heteroatoms. The lowest BCUT2D eigenvalue weighted by Gasteiger charge is -2.11. The molecular weight excluding hydrogens is 374 g/mol. The van der Waals surface area contributed by atoms with E-state index in [1.807, 2.05) is 73.6 Å². The SMILES string of the molecule is CN(C)CCNC(=O)c1ccc(-c2nc3ncccc3n2Cc2ccccc2)cc1. The summed E-state index contributed by atoms with van der Waals surface area (Å²) in [4.78, 5) is 23.6. The molecule has 0 bridgehead atoms. The zero-order valence-electron chi connectivity index (χ0n) is 17.2. The minimum absolute atomic E-state index is 0.0668. The molecule has 6 nitrogen and oxygen atoms in total. The number of likely N-dealkylation sites (N-methyl/N-ethyl adjacent to an activating group) is 1. The van der Waals surface area contributed by atoms with Gasteiger partial charge in [0.2, 0.25) is 0 Å². The summed E-state index contributed by atoms with van der Waals surface area (Å²) >= 11 is 0. The second-order valence-electron chi connectivity index (χ2n) is 7.49. The third kappa shape index (κ3) is 4.39. The molecule has 0 radical (unpaired) electrons. The van der Waals surface area contributed by atoms with Crippen molar-refractivity contribution in [2.24, 2.45) is 0 Å². The Balaban J connectivity index is 1.63. The molecule has 1 N–H and O–H groups in total. The van der Waals surface area contributed by atoms with Gasteiger partial charge in [-0.05, 0) is 43.9 Å². The van der Waals surface area contributed by atoms with Gasteiger partial charge >= 0.3 is 0 Å². The molecule has 4 rings (SSSR count). The molecule has 0 saturated carbocycles. The van der Waals surface area contributed by atoms with Gasteiger partial charge in [-0.25, -0.2) is 9.97 Å². The highest BCUT2D eigenvalue weighted by Gasteiger charge is 2.14. The Morgan fingerprint density at radius 2 is 1.77 bits per heavy atom. The molecule has 30 heavy (non-hydrogen) atoms. The largest absolute Gasteiger partial charge is 0.351 e. The molecule has 2 heterocycles. The summed E-state index contributed by atoms with van der Waals surface area (Å²) in [6, 6.07) is 21.9. The fourth-order valence-electron chi connectivity index (χ4n) is 3.37. The standard InChI is InChI=1S/C24H25N5O/c1-28(2)16-15-26-24(30)20-12-10-19(11-13-20)23-27-22-21(9-6-14-25-22)29(23)17-18-7-4-3-5-8-18/h3-14H,15-17H2,1-2H3,(H,26,30). The van der Waals surface area contributed by atoms with Gasteiger partial charge in [0.15, 0.2) is 5.65 Å². The molecule has 0 aliphatic heterocycles. The number of amides is 1. The van der Waals surface area contributed by atoms with Crippen molar-refractivity contribution in [3.8, 4) is 11.4 Å². The topological polar surface area (TPSA) is 63.1 Å². The summed E-state index contributed by atoms with van der Waals surface area (Å²) < 4.78 is 2.17. The Morgan fingerprint density at radius 3 is 2.50 bits per heavy atom. The first-order valence-electron chi connectivity index (χ1n) is 10.0. The average molecular weight is 399 g/mol. The lowest BCUT2D eigenvalue weighted by molar-refractivity contribution is 0.0951. The summed E-state index contributed by atoms with van der Waals surface area (Å²) in [6.45, 7) is 2.12. The van der Waals surface area contributed by atoms with Crippen LogP contribution < -0.4 is 5.32 Å². The molecule has 0 aliphatic carbocycles. The number of hydrogen-bond acceptors (Lipinski definition) is 4. The van der Waals surface area contributed by atoms with Gasteiger partial charge in [-0.1, -0.05) is 42.5 Å². The zero-order chi connectivity index (χ0) is 20.9. The van der Waals surface area contributed by atoms with Crippen molar-refractivity contribution in [1.29, 1.82) is 0 Å². The number of imidazole rings is 1. The Hall–Kier alpha value is -3.51. The van der Waals surface area contributed by atoms with Crippen LogP contribution in [0.5, 0.6) is 0 Å². The van der Waals surface area contributed by atoms with Crippen LogP contribution in [0.15, 0.2) is 72.9 Å². The van der Waals surface area contributed by atoms with Crippen molar-refractivity contribution in [2.45, 2.75) is 6.54 Å². The van der Waals surface area contributed by atoms with E-state index in [2.05, 4.69) is 27.0 Å². The van der Waals surface area contributed by atoms with Gasteiger partial charge in [0.1, 0.15) is 5.82 Å². The van der Waals surface area contributed by atoms with Crippen molar-refractivity contribution in [3.05, 3.63) is 84.1 Å². The number of nitrogens with zero attached hydrogens (tertiary/aromatic N) is 4. The maximum absolute atomic E-state index is 12.4. The Labute approximate surface area is 176 Å². The summed E-state index contributed by atoms with van der Waals surface area (Å²) in [5.74, 6) is 0.773. The van der Waals surface area contributed by atoms with Gasteiger partial charge < -0.3 is 14.8 Å². The quantitative estimate of drug-likeness (QED) is 0.517. The maximum Gasteiger partial charge on any atom is 0.251 e. The van der Waals surface area contributed by atoms with Crippen molar-refractivity contribution >= 4 is 17.1 Å². The Morgan fingerprint density at radius 1 is 1.00 bits per heavy atom. The summed E-state index contributed by atoms with van der Waals surface area (Å²) in [5.41, 5.74) is 4.49. The number of rotatable bonds is 7. The fourth-order valence-corrected chi connectivity index (χ4v) is 3.37. The highest BCUT2D eigenvalue weighted by Crippen LogP contribution is 2.25. The summed E-state index contributed by atoms with van der Waals surface area (Å²) in [6.07, 6.45) is 1.76. The van der Waals surface area contributed by atoms with Gasteiger partial charge in [0.25, 0.3) is 5.91 Å². The third-order valence-electron chi connectivity index (χ3n) is 4.96. The molecule has 0 saturated heterocycles. The highest BCUT2D eigenvalue weighted by molar-refractivity contribution is 5.94. The zero-order valence-corrected chi connectivity index (χ0v) is 17.2. The van der Waals surface area contributed by atoms with Crippen molar-refractivity contribution in [3.63, 3.8) is 0 Å². The van der Waals surface area contributed by atoms with Crippen LogP contribution >= 0.6 is 0 Å². The number of carbonyl (C=O) groups excluding carboxylic acids is 1. The van der Waals surface area contributed by atoms with Crippen LogP contribution in [0.4, 0.5) is 0 Å². The lowest BCUT2D eigenvalue weighted by Crippen LogP contribution is -2.31. The van der Waals surface area contributed by atoms with Gasteiger partial charge in [0, 0.05) is 37.0 Å². The Bertz CT molecular complexity index is 1130. The average Bonchev–Trinajstić information content (AvgIpc) is 3.13. The van der Waals surface area contributed by atoms with Crippen molar-refractivity contribution < 1.29 is 4.79 Å². The van der Waals surface area contributed by atoms with E-state index in [-0.39, 0.29) is 5.91 Å².